The number of aromatic hydroxyl groups is 1. The molecule has 3 fully saturated rings. The maximum Gasteiger partial charge on any atom is 0.420 e. The van der Waals surface area contributed by atoms with Gasteiger partial charge in [0.1, 0.15) is 5.75 Å². The van der Waals surface area contributed by atoms with E-state index < -0.39 is 40.6 Å². The lowest BCUT2D eigenvalue weighted by Gasteiger charge is -2.40. The minimum absolute atomic E-state index is 0.00691. The van der Waals surface area contributed by atoms with Gasteiger partial charge in [0.25, 0.3) is 5.91 Å². The molecule has 0 bridgehead atoms. The maximum atomic E-state index is 14.0. The van der Waals surface area contributed by atoms with Crippen molar-refractivity contribution >= 4 is 46.7 Å². The molecule has 1 aromatic heterocycles. The first-order valence-electron chi connectivity index (χ1n) is 16.8. The molecule has 3 saturated heterocycles. The van der Waals surface area contributed by atoms with Crippen LogP contribution in [0, 0.1) is 0 Å². The van der Waals surface area contributed by atoms with Gasteiger partial charge < -0.3 is 34.8 Å². The van der Waals surface area contributed by atoms with Crippen LogP contribution in [0.5, 0.6) is 5.75 Å². The van der Waals surface area contributed by atoms with Gasteiger partial charge in [0.2, 0.25) is 0 Å². The van der Waals surface area contributed by atoms with Crippen molar-refractivity contribution in [1.29, 1.82) is 0 Å². The van der Waals surface area contributed by atoms with Gasteiger partial charge in [-0.1, -0.05) is 11.6 Å². The van der Waals surface area contributed by atoms with E-state index >= 15 is 0 Å². The molecule has 0 aliphatic carbocycles. The van der Waals surface area contributed by atoms with E-state index in [1.807, 2.05) is 10.8 Å². The molecule has 2 aromatic rings. The van der Waals surface area contributed by atoms with Crippen LogP contribution < -0.4 is 5.32 Å². The zero-order valence-corrected chi connectivity index (χ0v) is 29.0. The van der Waals surface area contributed by atoms with Crippen molar-refractivity contribution < 1.29 is 37.4 Å². The van der Waals surface area contributed by atoms with E-state index in [1.54, 1.807) is 9.80 Å². The summed E-state index contributed by atoms with van der Waals surface area (Å²) < 4.78 is 47.0. The number of hydrogen-bond acceptors (Lipinski definition) is 8. The summed E-state index contributed by atoms with van der Waals surface area (Å²) in [7, 11) is 2.11. The van der Waals surface area contributed by atoms with E-state index in [2.05, 4.69) is 22.2 Å². The average Bonchev–Trinajstić information content (AvgIpc) is 3.42. The number of nitrogens with zero attached hydrogens (tertiary/aromatic N) is 5. The largest absolute Gasteiger partial charge is 0.506 e. The van der Waals surface area contributed by atoms with Crippen molar-refractivity contribution in [2.24, 2.45) is 0 Å². The molecule has 16 heteroatoms. The molecule has 6 rings (SSSR count). The van der Waals surface area contributed by atoms with E-state index in [4.69, 9.17) is 16.3 Å². The number of carbonyl (C=O) groups is 3. The number of hydrogen-bond donors (Lipinski definition) is 2. The summed E-state index contributed by atoms with van der Waals surface area (Å²) in [6.07, 6.45) is -3.82. The van der Waals surface area contributed by atoms with Gasteiger partial charge in [-0.05, 0) is 75.3 Å². The molecule has 4 amide bonds. The topological polar surface area (TPSA) is 109 Å². The highest BCUT2D eigenvalue weighted by atomic mass is 35.5. The molecule has 11 nitrogen and oxygen atoms in total. The second-order valence-corrected chi connectivity index (χ2v) is 14.5. The predicted molar refractivity (Wildman–Crippen MR) is 179 cm³/mol. The number of ether oxygens (including phenoxy) is 1. The first kappa shape index (κ1) is 35.6. The van der Waals surface area contributed by atoms with Gasteiger partial charge in [-0.3, -0.25) is 9.69 Å². The fraction of sp³-hybridized carbons (Fsp3) is 0.606. The summed E-state index contributed by atoms with van der Waals surface area (Å²) in [5, 5.41) is 16.3. The zero-order chi connectivity index (χ0) is 34.9. The quantitative estimate of drug-likeness (QED) is 0.416. The fourth-order valence-electron chi connectivity index (χ4n) is 7.32. The Morgan fingerprint density at radius 2 is 1.69 bits per heavy atom. The van der Waals surface area contributed by atoms with Crippen molar-refractivity contribution in [2.75, 3.05) is 64.7 Å². The van der Waals surface area contributed by atoms with Gasteiger partial charge >= 0.3 is 18.3 Å². The summed E-state index contributed by atoms with van der Waals surface area (Å²) in [4.78, 5) is 49.9. The number of urea groups is 1. The van der Waals surface area contributed by atoms with Gasteiger partial charge in [-0.15, -0.1) is 11.3 Å². The average molecular weight is 727 g/mol. The fourth-order valence-corrected chi connectivity index (χ4v) is 8.34. The van der Waals surface area contributed by atoms with Crippen LogP contribution in [0.4, 0.5) is 28.4 Å². The van der Waals surface area contributed by atoms with Crippen LogP contribution in [0.25, 0.3) is 0 Å². The first-order chi connectivity index (χ1) is 23.4. The summed E-state index contributed by atoms with van der Waals surface area (Å²) in [5.74, 6) is -1.58. The molecule has 0 unspecified atom stereocenters. The number of anilines is 1. The number of likely N-dealkylation sites (tertiary alicyclic amines) is 2. The molecule has 2 N–H and O–H groups in total. The SMILES string of the molecule is CN1CCCN(C2CCN(C(=O)[C@@H](Cc3cc(Cl)c(O)c(C(F)(F)F)c3)OC(=O)N3CCC(N4Cc5cscc5NC4=O)CC3)CC2)CC1. The van der Waals surface area contributed by atoms with Crippen LogP contribution in [0.3, 0.4) is 0 Å². The van der Waals surface area contributed by atoms with Crippen LogP contribution in [0.1, 0.15) is 48.8 Å². The molecule has 1 atom stereocenters. The number of likely N-dealkylation sites (N-methyl/N-ethyl adjacent to an activating group) is 1. The van der Waals surface area contributed by atoms with Crippen LogP contribution in [-0.2, 0) is 28.7 Å². The minimum atomic E-state index is -4.88. The highest BCUT2D eigenvalue weighted by molar-refractivity contribution is 7.08. The Labute approximate surface area is 292 Å². The normalized spacial score (nSPS) is 21.2. The van der Waals surface area contributed by atoms with E-state index in [9.17, 15) is 32.7 Å². The zero-order valence-electron chi connectivity index (χ0n) is 27.4. The molecule has 4 aliphatic heterocycles. The molecule has 49 heavy (non-hydrogen) atoms. The Morgan fingerprint density at radius 3 is 2.41 bits per heavy atom. The second kappa shape index (κ2) is 14.9. The summed E-state index contributed by atoms with van der Waals surface area (Å²) in [6, 6.07) is 1.94. The van der Waals surface area contributed by atoms with E-state index in [-0.39, 0.29) is 37.1 Å². The van der Waals surface area contributed by atoms with Crippen molar-refractivity contribution in [3.63, 3.8) is 0 Å². The first-order valence-corrected chi connectivity index (χ1v) is 18.1. The molecular weight excluding hydrogens is 685 g/mol. The number of thiophene rings is 1. The number of piperidine rings is 2. The van der Waals surface area contributed by atoms with Gasteiger partial charge in [0, 0.05) is 68.7 Å². The Balaban J connectivity index is 1.13. The van der Waals surface area contributed by atoms with Crippen LogP contribution in [-0.4, -0.2) is 125 Å². The number of nitrogens with one attached hydrogen (secondary N) is 1. The lowest BCUT2D eigenvalue weighted by atomic mass is 9.99. The summed E-state index contributed by atoms with van der Waals surface area (Å²) in [6.45, 7) is 5.87. The van der Waals surface area contributed by atoms with Gasteiger partial charge in [0.05, 0.1) is 22.8 Å². The number of phenols is 1. The predicted octanol–water partition coefficient (Wildman–Crippen LogP) is 5.31. The number of fused-ring (bicyclic) bond motifs is 1. The molecular formula is C33H42ClF3N6O5S. The Morgan fingerprint density at radius 1 is 1.00 bits per heavy atom. The number of rotatable bonds is 6. The summed E-state index contributed by atoms with van der Waals surface area (Å²) >= 11 is 7.50. The van der Waals surface area contributed by atoms with Crippen LogP contribution in [0.15, 0.2) is 22.9 Å². The molecule has 0 spiro atoms. The van der Waals surface area contributed by atoms with Crippen molar-refractivity contribution in [3.05, 3.63) is 44.6 Å². The van der Waals surface area contributed by atoms with Crippen molar-refractivity contribution in [1.82, 2.24) is 24.5 Å². The van der Waals surface area contributed by atoms with E-state index in [0.29, 0.717) is 38.5 Å². The Kier molecular flexibility index (Phi) is 10.8. The monoisotopic (exact) mass is 726 g/mol. The number of benzene rings is 1. The number of alkyl halides is 3. The summed E-state index contributed by atoms with van der Waals surface area (Å²) in [5.41, 5.74) is 0.542. The highest BCUT2D eigenvalue weighted by Gasteiger charge is 2.39. The van der Waals surface area contributed by atoms with E-state index in [1.165, 1.54) is 16.2 Å². The standard InChI is InChI=1S/C33H42ClF3N6O5S/c1-39-7-2-8-40(14-13-39)23-3-9-41(10-4-23)30(45)28(17-21-15-25(33(35,36)37)29(44)26(34)16-21)48-32(47)42-11-5-24(6-12-42)43-18-22-19-49-20-27(22)38-31(43)46/h15-16,19-20,23-24,28,44H,2-14,17-18H2,1H3,(H,38,46)/t28-/m1/s1. The smallest absolute Gasteiger partial charge is 0.420 e. The van der Waals surface area contributed by atoms with Crippen molar-refractivity contribution in [2.45, 2.75) is 69.4 Å². The molecule has 4 aliphatic rings. The molecule has 1 aromatic carbocycles. The van der Waals surface area contributed by atoms with Crippen LogP contribution >= 0.6 is 22.9 Å². The van der Waals surface area contributed by atoms with E-state index in [0.717, 1.165) is 68.8 Å². The van der Waals surface area contributed by atoms with Crippen LogP contribution in [0.2, 0.25) is 5.02 Å². The number of phenolic OH excluding ortho intramolecular Hbond substituents is 1. The third-order valence-corrected chi connectivity index (χ3v) is 11.2. The number of carbonyl (C=O) groups excluding carboxylic acids is 3. The van der Waals surface area contributed by atoms with Gasteiger partial charge in [-0.25, -0.2) is 9.59 Å². The lowest BCUT2D eigenvalue weighted by molar-refractivity contribution is -0.142. The van der Waals surface area contributed by atoms with Gasteiger partial charge in [0.15, 0.2) is 6.10 Å². The Hall–Kier alpha value is -3.27. The number of amides is 4. The molecule has 0 radical (unpaired) electrons. The maximum absolute atomic E-state index is 14.0. The molecule has 0 saturated carbocycles. The second-order valence-electron chi connectivity index (χ2n) is 13.4. The third-order valence-electron chi connectivity index (χ3n) is 10.2. The molecule has 5 heterocycles. The van der Waals surface area contributed by atoms with Gasteiger partial charge in [-0.2, -0.15) is 13.2 Å². The Bertz CT molecular complexity index is 1530. The third kappa shape index (κ3) is 8.21. The highest BCUT2D eigenvalue weighted by Crippen LogP contribution is 2.41. The lowest BCUT2D eigenvalue weighted by Crippen LogP contribution is -2.53. The number of halogens is 4. The molecule has 268 valence electrons. The van der Waals surface area contributed by atoms with Crippen molar-refractivity contribution in [3.8, 4) is 5.75 Å². The minimum Gasteiger partial charge on any atom is -0.506 e.